The predicted octanol–water partition coefficient (Wildman–Crippen LogP) is 2.10. The Morgan fingerprint density at radius 3 is 2.78 bits per heavy atom. The normalized spacial score (nSPS) is 18.7. The molecule has 6 heteroatoms. The number of nitrogens with one attached hydrogen (secondary N) is 1. The Hall–Kier alpha value is -2.08. The van der Waals surface area contributed by atoms with Gasteiger partial charge in [-0.15, -0.1) is 0 Å². The highest BCUT2D eigenvalue weighted by molar-refractivity contribution is 5.77. The van der Waals surface area contributed by atoms with Crippen LogP contribution in [0.2, 0.25) is 0 Å². The van der Waals surface area contributed by atoms with Crippen molar-refractivity contribution in [2.45, 2.75) is 32.4 Å². The van der Waals surface area contributed by atoms with Gasteiger partial charge in [-0.05, 0) is 25.3 Å². The van der Waals surface area contributed by atoms with Crippen molar-refractivity contribution in [2.24, 2.45) is 5.92 Å². The molecule has 1 aromatic carbocycles. The van der Waals surface area contributed by atoms with Crippen molar-refractivity contribution in [3.05, 3.63) is 35.9 Å². The zero-order chi connectivity index (χ0) is 16.7. The molecule has 1 saturated heterocycles. The van der Waals surface area contributed by atoms with Gasteiger partial charge in [0, 0.05) is 25.7 Å². The summed E-state index contributed by atoms with van der Waals surface area (Å²) < 4.78 is 5.60. The molecule has 0 bridgehead atoms. The van der Waals surface area contributed by atoms with Gasteiger partial charge in [-0.3, -0.25) is 4.79 Å². The Balaban J connectivity index is 1.62. The van der Waals surface area contributed by atoms with E-state index in [4.69, 9.17) is 9.84 Å². The number of ether oxygens (including phenoxy) is 1. The highest BCUT2D eigenvalue weighted by atomic mass is 16.5. The van der Waals surface area contributed by atoms with Gasteiger partial charge in [0.05, 0.1) is 12.5 Å². The van der Waals surface area contributed by atoms with Crippen LogP contribution in [0.1, 0.15) is 25.3 Å². The zero-order valence-corrected chi connectivity index (χ0v) is 13.4. The molecule has 2 amide bonds. The molecule has 1 heterocycles. The van der Waals surface area contributed by atoms with Gasteiger partial charge in [-0.25, -0.2) is 4.79 Å². The van der Waals surface area contributed by atoms with Crippen molar-refractivity contribution in [3.8, 4) is 0 Å². The highest BCUT2D eigenvalue weighted by Gasteiger charge is 2.31. The average molecular weight is 320 g/mol. The lowest BCUT2D eigenvalue weighted by Gasteiger charge is -2.20. The van der Waals surface area contributed by atoms with Crippen LogP contribution in [0.25, 0.3) is 0 Å². The second-order valence-electron chi connectivity index (χ2n) is 5.95. The van der Waals surface area contributed by atoms with Gasteiger partial charge in [-0.1, -0.05) is 30.3 Å². The Kier molecular flexibility index (Phi) is 6.40. The van der Waals surface area contributed by atoms with Crippen molar-refractivity contribution in [1.82, 2.24) is 10.2 Å². The molecule has 6 nitrogen and oxygen atoms in total. The third kappa shape index (κ3) is 5.56. The third-order valence-electron chi connectivity index (χ3n) is 4.00. The maximum atomic E-state index is 12.1. The standard InChI is InChI=1S/C17H24N2O4/c1-13(8-10-23-12-14-5-3-2-4-6-14)18-17(22)19-9-7-15(11-19)16(20)21/h2-6,13,15H,7-12H2,1H3,(H,18,22)(H,20,21). The molecule has 1 aliphatic rings. The van der Waals surface area contributed by atoms with Crippen LogP contribution in [0.5, 0.6) is 0 Å². The fourth-order valence-corrected chi connectivity index (χ4v) is 2.54. The van der Waals surface area contributed by atoms with Gasteiger partial charge < -0.3 is 20.1 Å². The van der Waals surface area contributed by atoms with E-state index in [2.05, 4.69) is 5.32 Å². The van der Waals surface area contributed by atoms with E-state index in [1.54, 1.807) is 4.90 Å². The first-order valence-corrected chi connectivity index (χ1v) is 7.96. The topological polar surface area (TPSA) is 78.9 Å². The summed E-state index contributed by atoms with van der Waals surface area (Å²) in [6.07, 6.45) is 1.24. The summed E-state index contributed by atoms with van der Waals surface area (Å²) in [4.78, 5) is 24.5. The second kappa shape index (κ2) is 8.53. The van der Waals surface area contributed by atoms with Gasteiger partial charge in [0.15, 0.2) is 0 Å². The van der Waals surface area contributed by atoms with Crippen LogP contribution in [0, 0.1) is 5.92 Å². The number of benzene rings is 1. The number of carboxylic acids is 1. The summed E-state index contributed by atoms with van der Waals surface area (Å²) >= 11 is 0. The minimum atomic E-state index is -0.831. The van der Waals surface area contributed by atoms with E-state index < -0.39 is 11.9 Å². The fourth-order valence-electron chi connectivity index (χ4n) is 2.54. The zero-order valence-electron chi connectivity index (χ0n) is 13.4. The number of amides is 2. The number of hydrogen-bond donors (Lipinski definition) is 2. The lowest BCUT2D eigenvalue weighted by atomic mass is 10.1. The lowest BCUT2D eigenvalue weighted by molar-refractivity contribution is -0.141. The molecule has 1 aromatic rings. The first-order chi connectivity index (χ1) is 11.1. The Morgan fingerprint density at radius 2 is 2.13 bits per heavy atom. The Bertz CT molecular complexity index is 521. The van der Waals surface area contributed by atoms with Crippen LogP contribution in [-0.4, -0.2) is 47.7 Å². The predicted molar refractivity (Wildman–Crippen MR) is 86.0 cm³/mol. The molecule has 1 fully saturated rings. The van der Waals surface area contributed by atoms with Gasteiger partial charge in [0.1, 0.15) is 0 Å². The molecule has 0 spiro atoms. The SMILES string of the molecule is CC(CCOCc1ccccc1)NC(=O)N1CCC(C(=O)O)C1. The summed E-state index contributed by atoms with van der Waals surface area (Å²) in [6.45, 7) is 3.84. The van der Waals surface area contributed by atoms with Crippen molar-refractivity contribution in [3.63, 3.8) is 0 Å². The monoisotopic (exact) mass is 320 g/mol. The molecule has 2 unspecified atom stereocenters. The number of rotatable bonds is 7. The average Bonchev–Trinajstić information content (AvgIpc) is 3.03. The smallest absolute Gasteiger partial charge is 0.317 e. The minimum absolute atomic E-state index is 0.0119. The summed E-state index contributed by atoms with van der Waals surface area (Å²) in [5.41, 5.74) is 1.13. The molecule has 0 radical (unpaired) electrons. The van der Waals surface area contributed by atoms with Gasteiger partial charge >= 0.3 is 12.0 Å². The molecule has 2 atom stereocenters. The number of nitrogens with zero attached hydrogens (tertiary/aromatic N) is 1. The van der Waals surface area contributed by atoms with Crippen LogP contribution in [0.4, 0.5) is 4.79 Å². The number of likely N-dealkylation sites (tertiary alicyclic amines) is 1. The summed E-state index contributed by atoms with van der Waals surface area (Å²) in [7, 11) is 0. The summed E-state index contributed by atoms with van der Waals surface area (Å²) in [5, 5.41) is 11.9. The van der Waals surface area contributed by atoms with Gasteiger partial charge in [0.25, 0.3) is 0 Å². The number of aliphatic carboxylic acids is 1. The van der Waals surface area contributed by atoms with Crippen LogP contribution < -0.4 is 5.32 Å². The number of urea groups is 1. The van der Waals surface area contributed by atoms with Crippen molar-refractivity contribution >= 4 is 12.0 Å². The molecule has 1 aliphatic heterocycles. The summed E-state index contributed by atoms with van der Waals surface area (Å²) in [6, 6.07) is 9.74. The molecule has 2 N–H and O–H groups in total. The first-order valence-electron chi connectivity index (χ1n) is 7.96. The molecular weight excluding hydrogens is 296 g/mol. The number of hydrogen-bond acceptors (Lipinski definition) is 3. The maximum Gasteiger partial charge on any atom is 0.317 e. The molecular formula is C17H24N2O4. The largest absolute Gasteiger partial charge is 0.481 e. The van der Waals surface area contributed by atoms with E-state index in [1.807, 2.05) is 37.3 Å². The van der Waals surface area contributed by atoms with Crippen LogP contribution in [0.15, 0.2) is 30.3 Å². The van der Waals surface area contributed by atoms with Crippen LogP contribution >= 0.6 is 0 Å². The van der Waals surface area contributed by atoms with Gasteiger partial charge in [-0.2, -0.15) is 0 Å². The second-order valence-corrected chi connectivity index (χ2v) is 5.95. The molecule has 2 rings (SSSR count). The number of carbonyl (C=O) groups is 2. The van der Waals surface area contributed by atoms with Crippen LogP contribution in [-0.2, 0) is 16.1 Å². The van der Waals surface area contributed by atoms with E-state index in [0.717, 1.165) is 12.0 Å². The van der Waals surface area contributed by atoms with E-state index in [0.29, 0.717) is 32.7 Å². The molecule has 126 valence electrons. The van der Waals surface area contributed by atoms with Crippen LogP contribution in [0.3, 0.4) is 0 Å². The van der Waals surface area contributed by atoms with E-state index in [1.165, 1.54) is 0 Å². The van der Waals surface area contributed by atoms with E-state index >= 15 is 0 Å². The molecule has 0 aromatic heterocycles. The van der Waals surface area contributed by atoms with E-state index in [9.17, 15) is 9.59 Å². The summed E-state index contributed by atoms with van der Waals surface area (Å²) in [5.74, 6) is -1.27. The molecule has 23 heavy (non-hydrogen) atoms. The quantitative estimate of drug-likeness (QED) is 0.754. The van der Waals surface area contributed by atoms with Crippen molar-refractivity contribution < 1.29 is 19.4 Å². The Morgan fingerprint density at radius 1 is 1.39 bits per heavy atom. The molecule has 0 saturated carbocycles. The van der Waals surface area contributed by atoms with Gasteiger partial charge in [0.2, 0.25) is 0 Å². The third-order valence-corrected chi connectivity index (χ3v) is 4.00. The number of carboxylic acid groups (broad SMARTS) is 1. The minimum Gasteiger partial charge on any atom is -0.481 e. The van der Waals surface area contributed by atoms with E-state index in [-0.39, 0.29) is 12.1 Å². The van der Waals surface area contributed by atoms with Crippen molar-refractivity contribution in [1.29, 1.82) is 0 Å². The highest BCUT2D eigenvalue weighted by Crippen LogP contribution is 2.16. The van der Waals surface area contributed by atoms with Crippen molar-refractivity contribution in [2.75, 3.05) is 19.7 Å². The maximum absolute atomic E-state index is 12.1. The first kappa shape index (κ1) is 17.3. The lowest BCUT2D eigenvalue weighted by Crippen LogP contribution is -2.43. The fraction of sp³-hybridized carbons (Fsp3) is 0.529. The molecule has 0 aliphatic carbocycles. The Labute approximate surface area is 136 Å². The number of carbonyl (C=O) groups excluding carboxylic acids is 1.